The maximum absolute atomic E-state index is 10.9. The molecule has 0 radical (unpaired) electrons. The molecule has 78 valence electrons. The van der Waals surface area contributed by atoms with Crippen LogP contribution in [-0.2, 0) is 10.1 Å². The lowest BCUT2D eigenvalue weighted by atomic mass is 9.87. The van der Waals surface area contributed by atoms with E-state index in [1.807, 2.05) is 0 Å². The molecule has 0 aromatic heterocycles. The van der Waals surface area contributed by atoms with E-state index >= 15 is 0 Å². The molecule has 3 N–H and O–H groups in total. The van der Waals surface area contributed by atoms with Gasteiger partial charge in [0.15, 0.2) is 0 Å². The minimum Gasteiger partial charge on any atom is -0.329 e. The molecule has 0 amide bonds. The average molecular weight is 207 g/mol. The van der Waals surface area contributed by atoms with Crippen LogP contribution in [0.1, 0.15) is 32.1 Å². The summed E-state index contributed by atoms with van der Waals surface area (Å²) in [4.78, 5) is 0. The molecule has 0 heterocycles. The molecule has 1 aliphatic rings. The summed E-state index contributed by atoms with van der Waals surface area (Å²) in [5.41, 5.74) is 5.35. The minimum atomic E-state index is -3.94. The smallest absolute Gasteiger partial charge is 0.269 e. The van der Waals surface area contributed by atoms with Crippen molar-refractivity contribution in [1.82, 2.24) is 0 Å². The number of nitrogens with two attached hydrogens (primary N) is 1. The van der Waals surface area contributed by atoms with Gasteiger partial charge in [0.25, 0.3) is 10.1 Å². The van der Waals surface area contributed by atoms with Crippen LogP contribution in [0.25, 0.3) is 0 Å². The van der Waals surface area contributed by atoms with E-state index in [4.69, 9.17) is 10.3 Å². The molecular weight excluding hydrogens is 190 g/mol. The summed E-state index contributed by atoms with van der Waals surface area (Å²) < 4.78 is 30.8. The third-order valence-corrected chi connectivity index (χ3v) is 4.13. The Morgan fingerprint density at radius 2 is 1.85 bits per heavy atom. The Hall–Kier alpha value is -0.130. The van der Waals surface area contributed by atoms with Crippen molar-refractivity contribution in [1.29, 1.82) is 0 Å². The second-order valence-electron chi connectivity index (χ2n) is 3.69. The van der Waals surface area contributed by atoms with Crippen LogP contribution in [0.4, 0.5) is 0 Å². The summed E-state index contributed by atoms with van der Waals surface area (Å²) in [6, 6.07) is 0. The Morgan fingerprint density at radius 3 is 2.23 bits per heavy atom. The molecule has 1 aliphatic carbocycles. The summed E-state index contributed by atoms with van der Waals surface area (Å²) in [5.74, 6) is 0.0637. The van der Waals surface area contributed by atoms with Crippen molar-refractivity contribution in [2.24, 2.45) is 11.7 Å². The van der Waals surface area contributed by atoms with Crippen molar-refractivity contribution in [3.05, 3.63) is 0 Å². The van der Waals surface area contributed by atoms with Crippen molar-refractivity contribution in [3.8, 4) is 0 Å². The van der Waals surface area contributed by atoms with Gasteiger partial charge in [0.1, 0.15) is 5.25 Å². The Labute approximate surface area is 79.3 Å². The summed E-state index contributed by atoms with van der Waals surface area (Å²) in [6.07, 6.45) is 5.02. The normalized spacial score (nSPS) is 22.9. The molecule has 0 aromatic carbocycles. The largest absolute Gasteiger partial charge is 0.329 e. The molecule has 1 rings (SSSR count). The van der Waals surface area contributed by atoms with Gasteiger partial charge in [-0.1, -0.05) is 19.3 Å². The quantitative estimate of drug-likeness (QED) is 0.670. The first-order valence-electron chi connectivity index (χ1n) is 4.72. The highest BCUT2D eigenvalue weighted by Crippen LogP contribution is 2.28. The third kappa shape index (κ3) is 2.93. The van der Waals surface area contributed by atoms with Crippen LogP contribution >= 0.6 is 0 Å². The Bertz CT molecular complexity index is 244. The van der Waals surface area contributed by atoms with E-state index in [0.29, 0.717) is 0 Å². The van der Waals surface area contributed by atoms with Crippen LogP contribution in [0.3, 0.4) is 0 Å². The second-order valence-corrected chi connectivity index (χ2v) is 5.32. The highest BCUT2D eigenvalue weighted by Gasteiger charge is 2.31. The van der Waals surface area contributed by atoms with Crippen molar-refractivity contribution < 1.29 is 13.0 Å². The molecule has 1 fully saturated rings. The fourth-order valence-corrected chi connectivity index (χ4v) is 3.06. The number of hydrogen-bond acceptors (Lipinski definition) is 3. The first-order valence-corrected chi connectivity index (χ1v) is 6.22. The predicted octanol–water partition coefficient (Wildman–Crippen LogP) is 0.782. The number of hydrogen-bond donors (Lipinski definition) is 2. The van der Waals surface area contributed by atoms with Crippen LogP contribution in [0.15, 0.2) is 0 Å². The number of rotatable bonds is 3. The molecule has 0 bridgehead atoms. The maximum atomic E-state index is 10.9. The molecule has 0 spiro atoms. The highest BCUT2D eigenvalue weighted by molar-refractivity contribution is 7.86. The highest BCUT2D eigenvalue weighted by atomic mass is 32.2. The van der Waals surface area contributed by atoms with Gasteiger partial charge in [0.05, 0.1) is 0 Å². The first kappa shape index (κ1) is 10.9. The zero-order valence-corrected chi connectivity index (χ0v) is 8.46. The lowest BCUT2D eigenvalue weighted by Crippen LogP contribution is -2.37. The lowest BCUT2D eigenvalue weighted by molar-refractivity contribution is 0.329. The van der Waals surface area contributed by atoms with Gasteiger partial charge in [0.2, 0.25) is 0 Å². The van der Waals surface area contributed by atoms with Crippen molar-refractivity contribution in [2.45, 2.75) is 37.4 Å². The van der Waals surface area contributed by atoms with Crippen LogP contribution in [0.2, 0.25) is 0 Å². The van der Waals surface area contributed by atoms with E-state index in [-0.39, 0.29) is 12.5 Å². The second kappa shape index (κ2) is 4.39. The standard InChI is InChI=1S/C8H17NO3S/c9-6-8(13(10,11)12)7-4-2-1-3-5-7/h7-8H,1-6,9H2,(H,10,11,12). The zero-order chi connectivity index (χ0) is 9.90. The molecule has 0 saturated heterocycles. The summed E-state index contributed by atoms with van der Waals surface area (Å²) in [7, 11) is -3.94. The van der Waals surface area contributed by atoms with Gasteiger partial charge in [-0.3, -0.25) is 4.55 Å². The van der Waals surface area contributed by atoms with Crippen LogP contribution in [0, 0.1) is 5.92 Å². The van der Waals surface area contributed by atoms with Gasteiger partial charge >= 0.3 is 0 Å². The fourth-order valence-electron chi connectivity index (χ4n) is 2.06. The lowest BCUT2D eigenvalue weighted by Gasteiger charge is -2.26. The summed E-state index contributed by atoms with van der Waals surface area (Å²) in [6.45, 7) is 0.0312. The van der Waals surface area contributed by atoms with Crippen LogP contribution < -0.4 is 5.73 Å². The Kier molecular flexibility index (Phi) is 3.70. The Morgan fingerprint density at radius 1 is 1.31 bits per heavy atom. The van der Waals surface area contributed by atoms with Gasteiger partial charge in [-0.25, -0.2) is 0 Å². The molecule has 1 unspecified atom stereocenters. The van der Waals surface area contributed by atoms with Crippen LogP contribution in [0.5, 0.6) is 0 Å². The van der Waals surface area contributed by atoms with E-state index in [2.05, 4.69) is 0 Å². The average Bonchev–Trinajstić information content (AvgIpc) is 2.05. The molecule has 1 saturated carbocycles. The van der Waals surface area contributed by atoms with E-state index < -0.39 is 15.4 Å². The molecule has 5 heteroatoms. The zero-order valence-electron chi connectivity index (χ0n) is 7.65. The molecule has 1 atom stereocenters. The van der Waals surface area contributed by atoms with E-state index in [0.717, 1.165) is 25.7 Å². The maximum Gasteiger partial charge on any atom is 0.269 e. The van der Waals surface area contributed by atoms with Gasteiger partial charge < -0.3 is 5.73 Å². The van der Waals surface area contributed by atoms with Gasteiger partial charge in [-0.2, -0.15) is 8.42 Å². The van der Waals surface area contributed by atoms with Crippen molar-refractivity contribution in [2.75, 3.05) is 6.54 Å². The Balaban J connectivity index is 2.65. The van der Waals surface area contributed by atoms with Gasteiger partial charge in [-0.05, 0) is 18.8 Å². The minimum absolute atomic E-state index is 0.0312. The van der Waals surface area contributed by atoms with E-state index in [1.54, 1.807) is 0 Å². The molecule has 0 aromatic rings. The summed E-state index contributed by atoms with van der Waals surface area (Å²) >= 11 is 0. The SMILES string of the molecule is NCC(C1CCCCC1)S(=O)(=O)O. The molecule has 13 heavy (non-hydrogen) atoms. The van der Waals surface area contributed by atoms with Crippen molar-refractivity contribution in [3.63, 3.8) is 0 Å². The van der Waals surface area contributed by atoms with Gasteiger partial charge in [-0.15, -0.1) is 0 Å². The molecule has 0 aliphatic heterocycles. The van der Waals surface area contributed by atoms with E-state index in [1.165, 1.54) is 6.42 Å². The molecule has 4 nitrogen and oxygen atoms in total. The van der Waals surface area contributed by atoms with Gasteiger partial charge in [0, 0.05) is 6.54 Å². The fraction of sp³-hybridized carbons (Fsp3) is 1.00. The van der Waals surface area contributed by atoms with E-state index in [9.17, 15) is 8.42 Å². The third-order valence-electron chi connectivity index (χ3n) is 2.79. The predicted molar refractivity (Wildman–Crippen MR) is 51.0 cm³/mol. The van der Waals surface area contributed by atoms with Crippen molar-refractivity contribution >= 4 is 10.1 Å². The first-order chi connectivity index (χ1) is 6.05. The monoisotopic (exact) mass is 207 g/mol. The molecular formula is C8H17NO3S. The van der Waals surface area contributed by atoms with Crippen LogP contribution in [-0.4, -0.2) is 24.8 Å². The topological polar surface area (TPSA) is 80.4 Å². The summed E-state index contributed by atoms with van der Waals surface area (Å²) in [5, 5.41) is -0.743.